The number of hydrogen-bond donors (Lipinski definition) is 2. The average molecular weight is 297 g/mol. The van der Waals surface area contributed by atoms with Gasteiger partial charge in [-0.25, -0.2) is 0 Å². The molecule has 0 atom stereocenters. The zero-order chi connectivity index (χ0) is 13.9. The van der Waals surface area contributed by atoms with E-state index in [4.69, 9.17) is 0 Å². The number of carbonyl (C=O) groups is 1. The minimum absolute atomic E-state index is 0. The van der Waals surface area contributed by atoms with Gasteiger partial charge in [-0.05, 0) is 42.4 Å². The number of fused-ring (bicyclic) bond motifs is 1. The summed E-state index contributed by atoms with van der Waals surface area (Å²) >= 11 is 0. The number of carbonyl (C=O) groups excluding carboxylic acids is 1. The Kier molecular flexibility index (Phi) is 5.88. The number of rotatable bonds is 3. The lowest BCUT2D eigenvalue weighted by Crippen LogP contribution is -2.29. The van der Waals surface area contributed by atoms with Crippen LogP contribution in [0.4, 0.5) is 5.69 Å². The summed E-state index contributed by atoms with van der Waals surface area (Å²) in [5, 5.41) is 6.40. The number of hydrogen-bond acceptors (Lipinski definition) is 2. The van der Waals surface area contributed by atoms with Crippen molar-refractivity contribution in [3.05, 3.63) is 29.3 Å². The van der Waals surface area contributed by atoms with E-state index in [-0.39, 0.29) is 23.7 Å². The summed E-state index contributed by atoms with van der Waals surface area (Å²) in [7, 11) is 0. The van der Waals surface area contributed by atoms with E-state index in [1.165, 1.54) is 5.56 Å². The fraction of sp³-hybridized carbons (Fsp3) is 0.562. The standard InChI is InChI=1S/C16H24N2O.ClH/c1-16(2,3)9-11-18-15(19)13-6-4-8-14-12(13)7-5-10-17-14;/h4,6,8,17H,5,7,9-11H2,1-3H3,(H,18,19);1H. The van der Waals surface area contributed by atoms with Crippen LogP contribution in [-0.2, 0) is 6.42 Å². The molecule has 1 aromatic rings. The topological polar surface area (TPSA) is 41.1 Å². The van der Waals surface area contributed by atoms with Gasteiger partial charge < -0.3 is 10.6 Å². The molecular formula is C16H25ClN2O. The quantitative estimate of drug-likeness (QED) is 0.894. The van der Waals surface area contributed by atoms with Gasteiger partial charge in [-0.15, -0.1) is 12.4 Å². The second-order valence-corrected chi connectivity index (χ2v) is 6.43. The normalized spacial score (nSPS) is 13.8. The second kappa shape index (κ2) is 6.98. The van der Waals surface area contributed by atoms with Gasteiger partial charge >= 0.3 is 0 Å². The van der Waals surface area contributed by atoms with Crippen LogP contribution in [-0.4, -0.2) is 19.0 Å². The first-order valence-corrected chi connectivity index (χ1v) is 7.11. The van der Waals surface area contributed by atoms with Crippen LogP contribution in [0.5, 0.6) is 0 Å². The molecule has 1 aliphatic rings. The highest BCUT2D eigenvalue weighted by molar-refractivity contribution is 5.97. The maximum absolute atomic E-state index is 12.3. The van der Waals surface area contributed by atoms with E-state index in [2.05, 4.69) is 37.5 Å². The van der Waals surface area contributed by atoms with Gasteiger partial charge in [0.1, 0.15) is 0 Å². The molecular weight excluding hydrogens is 272 g/mol. The van der Waals surface area contributed by atoms with E-state index < -0.39 is 0 Å². The number of amides is 1. The van der Waals surface area contributed by atoms with Crippen LogP contribution in [0.25, 0.3) is 0 Å². The van der Waals surface area contributed by atoms with Crippen LogP contribution in [0.2, 0.25) is 0 Å². The number of nitrogens with one attached hydrogen (secondary N) is 2. The van der Waals surface area contributed by atoms with Crippen molar-refractivity contribution in [3.8, 4) is 0 Å². The molecule has 2 N–H and O–H groups in total. The molecule has 1 heterocycles. The molecule has 0 saturated heterocycles. The molecule has 0 spiro atoms. The number of benzene rings is 1. The van der Waals surface area contributed by atoms with Gasteiger partial charge in [0.05, 0.1) is 0 Å². The first-order valence-electron chi connectivity index (χ1n) is 7.11. The van der Waals surface area contributed by atoms with E-state index in [0.717, 1.165) is 43.6 Å². The van der Waals surface area contributed by atoms with Crippen molar-refractivity contribution in [1.82, 2.24) is 5.32 Å². The Morgan fingerprint density at radius 1 is 1.35 bits per heavy atom. The van der Waals surface area contributed by atoms with E-state index in [9.17, 15) is 4.79 Å². The van der Waals surface area contributed by atoms with E-state index in [0.29, 0.717) is 0 Å². The van der Waals surface area contributed by atoms with Crippen molar-refractivity contribution < 1.29 is 4.79 Å². The van der Waals surface area contributed by atoms with Crippen LogP contribution in [0.1, 0.15) is 49.5 Å². The minimum Gasteiger partial charge on any atom is -0.385 e. The van der Waals surface area contributed by atoms with Gasteiger partial charge in [0.2, 0.25) is 0 Å². The van der Waals surface area contributed by atoms with Gasteiger partial charge in [-0.3, -0.25) is 4.79 Å². The largest absolute Gasteiger partial charge is 0.385 e. The molecule has 0 fully saturated rings. The van der Waals surface area contributed by atoms with Crippen molar-refractivity contribution in [3.63, 3.8) is 0 Å². The molecule has 0 aliphatic carbocycles. The molecule has 1 aliphatic heterocycles. The van der Waals surface area contributed by atoms with Crippen LogP contribution in [0.15, 0.2) is 18.2 Å². The Hall–Kier alpha value is -1.22. The van der Waals surface area contributed by atoms with Crippen molar-refractivity contribution in [2.45, 2.75) is 40.0 Å². The predicted octanol–water partition coefficient (Wildman–Crippen LogP) is 3.63. The predicted molar refractivity (Wildman–Crippen MR) is 86.9 cm³/mol. The summed E-state index contributed by atoms with van der Waals surface area (Å²) in [6.45, 7) is 8.30. The molecule has 1 aromatic carbocycles. The summed E-state index contributed by atoms with van der Waals surface area (Å²) in [6, 6.07) is 5.94. The lowest BCUT2D eigenvalue weighted by molar-refractivity contribution is 0.0948. The molecule has 1 amide bonds. The van der Waals surface area contributed by atoms with Gasteiger partial charge in [-0.1, -0.05) is 26.8 Å². The Balaban J connectivity index is 0.00000200. The third kappa shape index (κ3) is 4.41. The summed E-state index contributed by atoms with van der Waals surface area (Å²) < 4.78 is 0. The lowest BCUT2D eigenvalue weighted by Gasteiger charge is -2.21. The maximum atomic E-state index is 12.3. The van der Waals surface area contributed by atoms with Crippen LogP contribution in [0, 0.1) is 5.41 Å². The van der Waals surface area contributed by atoms with E-state index in [1.54, 1.807) is 0 Å². The van der Waals surface area contributed by atoms with Crippen molar-refractivity contribution >= 4 is 24.0 Å². The Morgan fingerprint density at radius 2 is 2.10 bits per heavy atom. The highest BCUT2D eigenvalue weighted by Gasteiger charge is 2.17. The third-order valence-corrected chi connectivity index (χ3v) is 3.50. The fourth-order valence-corrected chi connectivity index (χ4v) is 2.37. The highest BCUT2D eigenvalue weighted by Crippen LogP contribution is 2.25. The van der Waals surface area contributed by atoms with Crippen LogP contribution in [0.3, 0.4) is 0 Å². The van der Waals surface area contributed by atoms with Gasteiger partial charge in [-0.2, -0.15) is 0 Å². The monoisotopic (exact) mass is 296 g/mol. The van der Waals surface area contributed by atoms with Gasteiger partial charge in [0, 0.05) is 24.3 Å². The Morgan fingerprint density at radius 3 is 2.80 bits per heavy atom. The molecule has 112 valence electrons. The highest BCUT2D eigenvalue weighted by atomic mass is 35.5. The molecule has 2 rings (SSSR count). The van der Waals surface area contributed by atoms with Crippen LogP contribution < -0.4 is 10.6 Å². The van der Waals surface area contributed by atoms with E-state index in [1.807, 2.05) is 12.1 Å². The van der Waals surface area contributed by atoms with E-state index >= 15 is 0 Å². The zero-order valence-corrected chi connectivity index (χ0v) is 13.4. The molecule has 0 unspecified atom stereocenters. The number of anilines is 1. The molecule has 4 heteroatoms. The average Bonchev–Trinajstić information content (AvgIpc) is 2.36. The summed E-state index contributed by atoms with van der Waals surface area (Å²) in [4.78, 5) is 12.3. The zero-order valence-electron chi connectivity index (χ0n) is 12.6. The minimum atomic E-state index is 0. The second-order valence-electron chi connectivity index (χ2n) is 6.43. The molecule has 0 bridgehead atoms. The third-order valence-electron chi connectivity index (χ3n) is 3.50. The first-order chi connectivity index (χ1) is 8.97. The lowest BCUT2D eigenvalue weighted by atomic mass is 9.92. The van der Waals surface area contributed by atoms with Crippen molar-refractivity contribution in [1.29, 1.82) is 0 Å². The summed E-state index contributed by atoms with van der Waals surface area (Å²) in [6.07, 6.45) is 3.08. The Bertz CT molecular complexity index is 466. The molecule has 3 nitrogen and oxygen atoms in total. The van der Waals surface area contributed by atoms with Crippen LogP contribution >= 0.6 is 12.4 Å². The molecule has 20 heavy (non-hydrogen) atoms. The van der Waals surface area contributed by atoms with Crippen molar-refractivity contribution in [2.75, 3.05) is 18.4 Å². The van der Waals surface area contributed by atoms with Gasteiger partial charge in [0.15, 0.2) is 0 Å². The summed E-state index contributed by atoms with van der Waals surface area (Å²) in [5.41, 5.74) is 3.38. The van der Waals surface area contributed by atoms with Gasteiger partial charge in [0.25, 0.3) is 5.91 Å². The molecule has 0 radical (unpaired) electrons. The number of halogens is 1. The molecule has 0 aromatic heterocycles. The SMILES string of the molecule is CC(C)(C)CCNC(=O)c1cccc2c1CCCN2.Cl. The maximum Gasteiger partial charge on any atom is 0.251 e. The fourth-order valence-electron chi connectivity index (χ4n) is 2.37. The van der Waals surface area contributed by atoms with Crippen molar-refractivity contribution in [2.24, 2.45) is 5.41 Å². The smallest absolute Gasteiger partial charge is 0.251 e. The molecule has 0 saturated carbocycles. The first kappa shape index (κ1) is 16.8. The summed E-state index contributed by atoms with van der Waals surface area (Å²) in [5.74, 6) is 0.0600. The Labute approximate surface area is 127 Å².